The van der Waals surface area contributed by atoms with Gasteiger partial charge in [0.15, 0.2) is 0 Å². The monoisotopic (exact) mass is 223 g/mol. The van der Waals surface area contributed by atoms with Gasteiger partial charge >= 0.3 is 8.25 Å². The molecule has 0 fully saturated rings. The van der Waals surface area contributed by atoms with Gasteiger partial charge in [-0.3, -0.25) is 0 Å². The second-order valence-corrected chi connectivity index (χ2v) is 5.15. The Hall–Kier alpha value is -0.0200. The Morgan fingerprint density at radius 3 is 2.07 bits per heavy atom. The first-order valence-electron chi connectivity index (χ1n) is 4.68. The van der Waals surface area contributed by atoms with E-state index in [0.29, 0.717) is 6.61 Å². The van der Waals surface area contributed by atoms with Crippen molar-refractivity contribution in [2.24, 2.45) is 0 Å². The highest BCUT2D eigenvalue weighted by Gasteiger charge is 2.33. The van der Waals surface area contributed by atoms with Gasteiger partial charge in [0.25, 0.3) is 0 Å². The van der Waals surface area contributed by atoms with E-state index in [1.165, 1.54) is 0 Å². The summed E-state index contributed by atoms with van der Waals surface area (Å²) in [5.74, 6) is 0. The minimum atomic E-state index is -2.57. The fraction of sp³-hybridized carbons (Fsp3) is 1.00. The lowest BCUT2D eigenvalue weighted by Crippen LogP contribution is -2.34. The van der Waals surface area contributed by atoms with Gasteiger partial charge in [0.1, 0.15) is 5.60 Å². The molecule has 5 heteroatoms. The van der Waals surface area contributed by atoms with Crippen LogP contribution in [-0.2, 0) is 13.8 Å². The topological polar surface area (TPSA) is 55.8 Å². The predicted octanol–water partition coefficient (Wildman–Crippen LogP) is 2.64. The van der Waals surface area contributed by atoms with Crippen molar-refractivity contribution < 1.29 is 18.7 Å². The van der Waals surface area contributed by atoms with Gasteiger partial charge in [-0.25, -0.2) is 0 Å². The minimum absolute atomic E-state index is 0.221. The van der Waals surface area contributed by atoms with Gasteiger partial charge in [0, 0.05) is 4.57 Å². The van der Waals surface area contributed by atoms with E-state index in [2.05, 4.69) is 0 Å². The summed E-state index contributed by atoms with van der Waals surface area (Å²) < 4.78 is 20.9. The summed E-state index contributed by atoms with van der Waals surface area (Å²) in [6.45, 7) is 9.73. The molecule has 1 atom stereocenters. The van der Waals surface area contributed by atoms with Crippen LogP contribution in [0.2, 0.25) is 0 Å². The van der Waals surface area contributed by atoms with Crippen molar-refractivity contribution in [1.29, 1.82) is 0 Å². The molecule has 0 aliphatic heterocycles. The van der Waals surface area contributed by atoms with Gasteiger partial charge in [-0.05, 0) is 34.1 Å². The molecule has 0 aliphatic rings. The summed E-state index contributed by atoms with van der Waals surface area (Å²) in [6, 6.07) is 0. The summed E-state index contributed by atoms with van der Waals surface area (Å²) in [6.07, 6.45) is 0.883. The van der Waals surface area contributed by atoms with Crippen molar-refractivity contribution in [1.82, 2.24) is 0 Å². The SMILES string of the molecule is CCC(C)(C)OCC(C)(C)O[P+](=O)O. The first-order valence-corrected chi connectivity index (χ1v) is 5.81. The third-order valence-electron chi connectivity index (χ3n) is 1.99. The highest BCUT2D eigenvalue weighted by Crippen LogP contribution is 2.27. The summed E-state index contributed by atoms with van der Waals surface area (Å²) in [7, 11) is -2.57. The first-order chi connectivity index (χ1) is 6.18. The Morgan fingerprint density at radius 2 is 1.71 bits per heavy atom. The van der Waals surface area contributed by atoms with Gasteiger partial charge in [0.2, 0.25) is 0 Å². The second-order valence-electron chi connectivity index (χ2n) is 4.49. The van der Waals surface area contributed by atoms with Gasteiger partial charge in [-0.2, -0.15) is 0 Å². The highest BCUT2D eigenvalue weighted by molar-refractivity contribution is 7.32. The van der Waals surface area contributed by atoms with Crippen LogP contribution in [0, 0.1) is 0 Å². The molecule has 0 aromatic carbocycles. The highest BCUT2D eigenvalue weighted by atomic mass is 31.1. The number of hydrogen-bond acceptors (Lipinski definition) is 3. The largest absolute Gasteiger partial charge is 0.695 e. The van der Waals surface area contributed by atoms with Crippen molar-refractivity contribution in [3.05, 3.63) is 0 Å². The quantitative estimate of drug-likeness (QED) is 0.703. The average molecular weight is 223 g/mol. The summed E-state index contributed by atoms with van der Waals surface area (Å²) in [5.41, 5.74) is -0.948. The van der Waals surface area contributed by atoms with Gasteiger partial charge < -0.3 is 4.74 Å². The van der Waals surface area contributed by atoms with E-state index in [1.54, 1.807) is 13.8 Å². The van der Waals surface area contributed by atoms with Gasteiger partial charge in [-0.15, -0.1) is 9.42 Å². The van der Waals surface area contributed by atoms with E-state index in [4.69, 9.17) is 14.2 Å². The van der Waals surface area contributed by atoms with Crippen molar-refractivity contribution >= 4 is 8.25 Å². The van der Waals surface area contributed by atoms with Crippen LogP contribution in [0.4, 0.5) is 0 Å². The maximum absolute atomic E-state index is 10.5. The van der Waals surface area contributed by atoms with Gasteiger partial charge in [-0.1, -0.05) is 6.92 Å². The van der Waals surface area contributed by atoms with Crippen LogP contribution in [0.15, 0.2) is 0 Å². The molecule has 84 valence electrons. The zero-order valence-electron chi connectivity index (χ0n) is 9.53. The molecular formula is C9H20O4P+. The molecule has 0 radical (unpaired) electrons. The Balaban J connectivity index is 4.04. The molecule has 4 nitrogen and oxygen atoms in total. The van der Waals surface area contributed by atoms with E-state index < -0.39 is 13.9 Å². The minimum Gasteiger partial charge on any atom is -0.372 e. The molecule has 14 heavy (non-hydrogen) atoms. The van der Waals surface area contributed by atoms with Crippen molar-refractivity contribution in [3.8, 4) is 0 Å². The lowest BCUT2D eigenvalue weighted by atomic mass is 10.1. The fourth-order valence-corrected chi connectivity index (χ4v) is 1.18. The number of ether oxygens (including phenoxy) is 1. The fourth-order valence-electron chi connectivity index (χ4n) is 0.709. The van der Waals surface area contributed by atoms with E-state index in [9.17, 15) is 4.57 Å². The molecule has 0 bridgehead atoms. The maximum Gasteiger partial charge on any atom is 0.695 e. The standard InChI is InChI=1S/C9H19O4P/c1-6-8(2,3)12-7-9(4,5)13-14(10)11/h6-7H2,1-5H3/p+1. The van der Waals surface area contributed by atoms with Crippen LogP contribution in [0.3, 0.4) is 0 Å². The third kappa shape index (κ3) is 6.44. The molecule has 0 amide bonds. The van der Waals surface area contributed by atoms with Crippen LogP contribution in [-0.4, -0.2) is 22.7 Å². The van der Waals surface area contributed by atoms with Crippen molar-refractivity contribution in [3.63, 3.8) is 0 Å². The van der Waals surface area contributed by atoms with Crippen LogP contribution < -0.4 is 0 Å². The summed E-state index contributed by atoms with van der Waals surface area (Å²) in [4.78, 5) is 8.61. The average Bonchev–Trinajstić information content (AvgIpc) is 1.99. The smallest absolute Gasteiger partial charge is 0.372 e. The lowest BCUT2D eigenvalue weighted by Gasteiger charge is -2.27. The van der Waals surface area contributed by atoms with Crippen LogP contribution in [0.25, 0.3) is 0 Å². The molecule has 0 heterocycles. The lowest BCUT2D eigenvalue weighted by molar-refractivity contribution is -0.0828. The second kappa shape index (κ2) is 5.17. The molecule has 1 N–H and O–H groups in total. The van der Waals surface area contributed by atoms with E-state index >= 15 is 0 Å². The molecule has 0 saturated heterocycles. The number of hydrogen-bond donors (Lipinski definition) is 1. The zero-order chi connectivity index (χ0) is 11.4. The maximum atomic E-state index is 10.5. The molecule has 0 aromatic heterocycles. The Labute approximate surface area is 86.6 Å². The Morgan fingerprint density at radius 1 is 1.21 bits per heavy atom. The molecular weight excluding hydrogens is 203 g/mol. The number of rotatable bonds is 6. The van der Waals surface area contributed by atoms with E-state index in [1.807, 2.05) is 20.8 Å². The van der Waals surface area contributed by atoms with Gasteiger partial charge in [0.05, 0.1) is 12.2 Å². The summed E-state index contributed by atoms with van der Waals surface area (Å²) in [5, 5.41) is 0. The molecule has 1 unspecified atom stereocenters. The normalized spacial score (nSPS) is 14.3. The first kappa shape index (κ1) is 14.0. The zero-order valence-corrected chi connectivity index (χ0v) is 10.4. The van der Waals surface area contributed by atoms with Crippen LogP contribution >= 0.6 is 8.25 Å². The van der Waals surface area contributed by atoms with E-state index in [0.717, 1.165) is 6.42 Å². The Kier molecular flexibility index (Phi) is 5.16. The molecule has 0 rings (SSSR count). The molecule has 0 aliphatic carbocycles. The van der Waals surface area contributed by atoms with Crippen LogP contribution in [0.5, 0.6) is 0 Å². The predicted molar refractivity (Wildman–Crippen MR) is 55.3 cm³/mol. The van der Waals surface area contributed by atoms with E-state index in [-0.39, 0.29) is 5.60 Å². The van der Waals surface area contributed by atoms with Crippen molar-refractivity contribution in [2.75, 3.05) is 6.61 Å². The molecule has 0 spiro atoms. The summed E-state index contributed by atoms with van der Waals surface area (Å²) >= 11 is 0. The third-order valence-corrected chi connectivity index (χ3v) is 2.64. The van der Waals surface area contributed by atoms with Crippen molar-refractivity contribution in [2.45, 2.75) is 52.2 Å². The molecule has 0 saturated carbocycles. The molecule has 0 aromatic rings. The van der Waals surface area contributed by atoms with Crippen LogP contribution in [0.1, 0.15) is 41.0 Å². The Bertz CT molecular complexity index is 201.